The molecule has 132 valence electrons. The molecule has 0 aliphatic carbocycles. The molecule has 7 nitrogen and oxygen atoms in total. The number of carbonyl (C=O) groups is 1. The van der Waals surface area contributed by atoms with E-state index in [1.54, 1.807) is 12.1 Å². The summed E-state index contributed by atoms with van der Waals surface area (Å²) in [7, 11) is 0. The molecule has 1 N–H and O–H groups in total. The van der Waals surface area contributed by atoms with Gasteiger partial charge in [0, 0.05) is 14.8 Å². The number of benzene rings is 2. The predicted octanol–water partition coefficient (Wildman–Crippen LogP) is 3.80. The van der Waals surface area contributed by atoms with Gasteiger partial charge in [-0.05, 0) is 59.0 Å². The van der Waals surface area contributed by atoms with Crippen LogP contribution in [0, 0.1) is 3.57 Å². The Hall–Kier alpha value is -2.27. The van der Waals surface area contributed by atoms with Crippen LogP contribution < -0.4 is 14.8 Å². The van der Waals surface area contributed by atoms with Gasteiger partial charge in [-0.3, -0.25) is 4.79 Å². The Bertz CT molecular complexity index is 963. The van der Waals surface area contributed by atoms with E-state index in [2.05, 4.69) is 38.1 Å². The molecule has 1 aliphatic heterocycles. The lowest BCUT2D eigenvalue weighted by Gasteiger charge is -2.04. The largest absolute Gasteiger partial charge is 0.454 e. The van der Waals surface area contributed by atoms with Gasteiger partial charge in [0.1, 0.15) is 0 Å². The molecular formula is C17H12IN3O4S. The molecule has 1 aromatic heterocycles. The quantitative estimate of drug-likeness (QED) is 0.438. The number of rotatable bonds is 5. The minimum absolute atomic E-state index is 0.139. The molecule has 0 spiro atoms. The second-order valence-corrected chi connectivity index (χ2v) is 7.46. The molecule has 0 saturated heterocycles. The highest BCUT2D eigenvalue weighted by Crippen LogP contribution is 2.36. The molecule has 1 aliphatic rings. The predicted molar refractivity (Wildman–Crippen MR) is 104 cm³/mol. The Morgan fingerprint density at radius 1 is 1.15 bits per heavy atom. The van der Waals surface area contributed by atoms with Crippen molar-refractivity contribution >= 4 is 45.9 Å². The molecule has 0 atom stereocenters. The molecule has 4 rings (SSSR count). The van der Waals surface area contributed by atoms with Gasteiger partial charge >= 0.3 is 0 Å². The van der Waals surface area contributed by atoms with Crippen molar-refractivity contribution in [2.75, 3.05) is 17.9 Å². The summed E-state index contributed by atoms with van der Waals surface area (Å²) in [4.78, 5) is 12.0. The molecule has 0 saturated carbocycles. The van der Waals surface area contributed by atoms with Crippen LogP contribution in [0.5, 0.6) is 11.5 Å². The SMILES string of the molecule is O=C(CSc1nnc(-c2ccc3c(c2)OCO3)o1)Nc1cccc(I)c1. The number of hydrogen-bond acceptors (Lipinski definition) is 7. The van der Waals surface area contributed by atoms with Crippen molar-refractivity contribution in [3.8, 4) is 23.0 Å². The minimum Gasteiger partial charge on any atom is -0.454 e. The van der Waals surface area contributed by atoms with Gasteiger partial charge in [0.25, 0.3) is 5.22 Å². The number of nitrogens with one attached hydrogen (secondary N) is 1. The zero-order valence-electron chi connectivity index (χ0n) is 13.3. The molecule has 2 heterocycles. The topological polar surface area (TPSA) is 86.5 Å². The second kappa shape index (κ2) is 7.54. The first-order valence-corrected chi connectivity index (χ1v) is 9.65. The molecule has 2 aromatic carbocycles. The number of anilines is 1. The molecule has 0 radical (unpaired) electrons. The number of amides is 1. The fourth-order valence-corrected chi connectivity index (χ4v) is 3.41. The Labute approximate surface area is 166 Å². The van der Waals surface area contributed by atoms with E-state index in [1.807, 2.05) is 30.3 Å². The molecule has 3 aromatic rings. The zero-order chi connectivity index (χ0) is 17.9. The zero-order valence-corrected chi connectivity index (χ0v) is 16.2. The molecule has 1 amide bonds. The van der Waals surface area contributed by atoms with Gasteiger partial charge < -0.3 is 19.2 Å². The number of carbonyl (C=O) groups excluding carboxylic acids is 1. The Morgan fingerprint density at radius 3 is 2.92 bits per heavy atom. The van der Waals surface area contributed by atoms with E-state index in [0.29, 0.717) is 22.6 Å². The maximum absolute atomic E-state index is 12.0. The van der Waals surface area contributed by atoms with Crippen molar-refractivity contribution in [2.45, 2.75) is 5.22 Å². The van der Waals surface area contributed by atoms with Crippen LogP contribution in [0.2, 0.25) is 0 Å². The van der Waals surface area contributed by atoms with Crippen molar-refractivity contribution in [3.05, 3.63) is 46.0 Å². The number of fused-ring (bicyclic) bond motifs is 1. The number of aromatic nitrogens is 2. The van der Waals surface area contributed by atoms with E-state index in [0.717, 1.165) is 14.8 Å². The third-order valence-electron chi connectivity index (χ3n) is 3.46. The monoisotopic (exact) mass is 481 g/mol. The number of ether oxygens (including phenoxy) is 2. The first-order chi connectivity index (χ1) is 12.7. The summed E-state index contributed by atoms with van der Waals surface area (Å²) < 4.78 is 17.3. The summed E-state index contributed by atoms with van der Waals surface area (Å²) in [5.41, 5.74) is 1.49. The van der Waals surface area contributed by atoms with Crippen LogP contribution in [0.1, 0.15) is 0 Å². The highest BCUT2D eigenvalue weighted by Gasteiger charge is 2.17. The summed E-state index contributed by atoms with van der Waals surface area (Å²) in [6, 6.07) is 13.0. The van der Waals surface area contributed by atoms with Crippen LogP contribution in [-0.4, -0.2) is 28.7 Å². The fraction of sp³-hybridized carbons (Fsp3) is 0.118. The lowest BCUT2D eigenvalue weighted by atomic mass is 10.2. The summed E-state index contributed by atoms with van der Waals surface area (Å²) in [5.74, 6) is 1.74. The molecule has 0 fully saturated rings. The van der Waals surface area contributed by atoms with Crippen LogP contribution in [0.15, 0.2) is 52.1 Å². The summed E-state index contributed by atoms with van der Waals surface area (Å²) in [6.07, 6.45) is 0. The Morgan fingerprint density at radius 2 is 2.04 bits per heavy atom. The van der Waals surface area contributed by atoms with E-state index in [9.17, 15) is 4.79 Å². The number of nitrogens with zero attached hydrogens (tertiary/aromatic N) is 2. The third kappa shape index (κ3) is 3.93. The van der Waals surface area contributed by atoms with Gasteiger partial charge in [0.05, 0.1) is 5.75 Å². The van der Waals surface area contributed by atoms with E-state index in [-0.39, 0.29) is 18.5 Å². The van der Waals surface area contributed by atoms with Crippen molar-refractivity contribution in [1.29, 1.82) is 0 Å². The Balaban J connectivity index is 1.37. The van der Waals surface area contributed by atoms with Crippen LogP contribution >= 0.6 is 34.4 Å². The lowest BCUT2D eigenvalue weighted by molar-refractivity contribution is -0.113. The standard InChI is InChI=1S/C17H12IN3O4S/c18-11-2-1-3-12(7-11)19-15(22)8-26-17-21-20-16(25-17)10-4-5-13-14(6-10)24-9-23-13/h1-7H,8-9H2,(H,19,22). The van der Waals surface area contributed by atoms with Crippen molar-refractivity contribution in [3.63, 3.8) is 0 Å². The van der Waals surface area contributed by atoms with E-state index in [1.165, 1.54) is 11.8 Å². The highest BCUT2D eigenvalue weighted by molar-refractivity contribution is 14.1. The third-order valence-corrected chi connectivity index (χ3v) is 4.95. The van der Waals surface area contributed by atoms with Gasteiger partial charge in [-0.25, -0.2) is 0 Å². The molecule has 26 heavy (non-hydrogen) atoms. The van der Waals surface area contributed by atoms with Gasteiger partial charge in [0.2, 0.25) is 18.6 Å². The maximum atomic E-state index is 12.0. The van der Waals surface area contributed by atoms with Gasteiger partial charge in [-0.2, -0.15) is 0 Å². The smallest absolute Gasteiger partial charge is 0.277 e. The number of hydrogen-bond donors (Lipinski definition) is 1. The van der Waals surface area contributed by atoms with E-state index >= 15 is 0 Å². The van der Waals surface area contributed by atoms with E-state index in [4.69, 9.17) is 13.9 Å². The van der Waals surface area contributed by atoms with Crippen LogP contribution in [-0.2, 0) is 4.79 Å². The first kappa shape index (κ1) is 17.2. The van der Waals surface area contributed by atoms with Crippen LogP contribution in [0.4, 0.5) is 5.69 Å². The molecule has 9 heteroatoms. The Kier molecular flexibility index (Phi) is 4.98. The number of halogens is 1. The second-order valence-electron chi connectivity index (χ2n) is 5.29. The van der Waals surface area contributed by atoms with Gasteiger partial charge in [-0.1, -0.05) is 17.8 Å². The van der Waals surface area contributed by atoms with Crippen molar-refractivity contribution < 1.29 is 18.7 Å². The first-order valence-electron chi connectivity index (χ1n) is 7.59. The summed E-state index contributed by atoms with van der Waals surface area (Å²) in [5, 5.41) is 11.2. The molecular weight excluding hydrogens is 469 g/mol. The number of thioether (sulfide) groups is 1. The summed E-state index contributed by atoms with van der Waals surface area (Å²) in [6.45, 7) is 0.208. The average molecular weight is 481 g/mol. The minimum atomic E-state index is -0.139. The maximum Gasteiger partial charge on any atom is 0.277 e. The molecule has 0 unspecified atom stereocenters. The normalized spacial score (nSPS) is 12.2. The lowest BCUT2D eigenvalue weighted by Crippen LogP contribution is -2.13. The van der Waals surface area contributed by atoms with Crippen molar-refractivity contribution in [2.24, 2.45) is 0 Å². The van der Waals surface area contributed by atoms with Gasteiger partial charge in [-0.15, -0.1) is 10.2 Å². The van der Waals surface area contributed by atoms with Crippen LogP contribution in [0.25, 0.3) is 11.5 Å². The van der Waals surface area contributed by atoms with Crippen molar-refractivity contribution in [1.82, 2.24) is 10.2 Å². The summed E-state index contributed by atoms with van der Waals surface area (Å²) >= 11 is 3.38. The van der Waals surface area contributed by atoms with E-state index < -0.39 is 0 Å². The van der Waals surface area contributed by atoms with Crippen LogP contribution in [0.3, 0.4) is 0 Å². The van der Waals surface area contributed by atoms with Gasteiger partial charge in [0.15, 0.2) is 11.5 Å². The highest BCUT2D eigenvalue weighted by atomic mass is 127. The average Bonchev–Trinajstić information content (AvgIpc) is 3.28. The fourth-order valence-electron chi connectivity index (χ4n) is 2.30. The molecule has 0 bridgehead atoms.